The molecule has 0 N–H and O–H groups in total. The number of hydrogen-bond acceptors (Lipinski definition) is 5. The standard InChI is InChI=1S/C10H9NO4S/c1-15-10(12)6-7-16-9-4-2-8(3-5-9)11(13)14/h2-7H,1H3. The van der Waals surface area contributed by atoms with E-state index in [-0.39, 0.29) is 5.69 Å². The SMILES string of the molecule is COC(=O)C=CSc1ccc([N+](=O)[O-])cc1. The molecule has 1 aromatic carbocycles. The fourth-order valence-corrected chi connectivity index (χ4v) is 1.51. The minimum absolute atomic E-state index is 0.0429. The Morgan fingerprint density at radius 3 is 2.56 bits per heavy atom. The number of rotatable bonds is 4. The highest BCUT2D eigenvalue weighted by molar-refractivity contribution is 8.02. The molecule has 0 atom stereocenters. The molecule has 0 unspecified atom stereocenters. The molecule has 0 bridgehead atoms. The van der Waals surface area contributed by atoms with Gasteiger partial charge in [-0.2, -0.15) is 0 Å². The summed E-state index contributed by atoms with van der Waals surface area (Å²) in [7, 11) is 1.29. The predicted octanol–water partition coefficient (Wildman–Crippen LogP) is 2.37. The molecule has 0 radical (unpaired) electrons. The Morgan fingerprint density at radius 1 is 1.44 bits per heavy atom. The molecule has 0 aliphatic rings. The Morgan fingerprint density at radius 2 is 2.06 bits per heavy atom. The summed E-state index contributed by atoms with van der Waals surface area (Å²) in [6, 6.07) is 6.05. The van der Waals surface area contributed by atoms with Crippen LogP contribution in [0.15, 0.2) is 40.6 Å². The van der Waals surface area contributed by atoms with Crippen LogP contribution in [-0.2, 0) is 9.53 Å². The number of carbonyl (C=O) groups is 1. The van der Waals surface area contributed by atoms with Crippen LogP contribution in [0.25, 0.3) is 0 Å². The van der Waals surface area contributed by atoms with Gasteiger partial charge in [0.1, 0.15) is 0 Å². The van der Waals surface area contributed by atoms with Crippen LogP contribution in [0.1, 0.15) is 0 Å². The van der Waals surface area contributed by atoms with Crippen LogP contribution in [0.3, 0.4) is 0 Å². The first-order chi connectivity index (χ1) is 7.63. The van der Waals surface area contributed by atoms with Crippen molar-refractivity contribution in [3.8, 4) is 0 Å². The summed E-state index contributed by atoms with van der Waals surface area (Å²) in [5, 5.41) is 11.9. The van der Waals surface area contributed by atoms with Gasteiger partial charge < -0.3 is 4.74 Å². The lowest BCUT2D eigenvalue weighted by atomic mass is 10.3. The van der Waals surface area contributed by atoms with E-state index in [0.29, 0.717) is 0 Å². The highest BCUT2D eigenvalue weighted by Crippen LogP contribution is 2.21. The maximum Gasteiger partial charge on any atom is 0.330 e. The fraction of sp³-hybridized carbons (Fsp3) is 0.100. The van der Waals surface area contributed by atoms with E-state index in [9.17, 15) is 14.9 Å². The molecular weight excluding hydrogens is 230 g/mol. The van der Waals surface area contributed by atoms with Crippen molar-refractivity contribution in [3.63, 3.8) is 0 Å². The lowest BCUT2D eigenvalue weighted by Crippen LogP contribution is -1.92. The van der Waals surface area contributed by atoms with E-state index in [1.165, 1.54) is 37.1 Å². The summed E-state index contributed by atoms with van der Waals surface area (Å²) in [5.41, 5.74) is 0.0429. The number of thioether (sulfide) groups is 1. The maximum atomic E-state index is 10.7. The molecule has 0 saturated heterocycles. The third-order valence-electron chi connectivity index (χ3n) is 1.66. The molecule has 0 aliphatic heterocycles. The van der Waals surface area contributed by atoms with Crippen molar-refractivity contribution in [3.05, 3.63) is 45.9 Å². The number of nitrogens with zero attached hydrogens (tertiary/aromatic N) is 1. The largest absolute Gasteiger partial charge is 0.466 e. The van der Waals surface area contributed by atoms with Crippen molar-refractivity contribution in [2.75, 3.05) is 7.11 Å². The molecule has 0 spiro atoms. The molecule has 1 aromatic rings. The molecule has 0 saturated carbocycles. The van der Waals surface area contributed by atoms with Crippen LogP contribution in [-0.4, -0.2) is 18.0 Å². The molecule has 1 rings (SSSR count). The van der Waals surface area contributed by atoms with Crippen molar-refractivity contribution in [2.24, 2.45) is 0 Å². The Hall–Kier alpha value is -1.82. The van der Waals surface area contributed by atoms with Gasteiger partial charge in [-0.1, -0.05) is 11.8 Å². The molecule has 16 heavy (non-hydrogen) atoms. The lowest BCUT2D eigenvalue weighted by molar-refractivity contribution is -0.384. The number of benzene rings is 1. The van der Waals surface area contributed by atoms with E-state index in [1.807, 2.05) is 0 Å². The van der Waals surface area contributed by atoms with E-state index in [1.54, 1.807) is 17.5 Å². The van der Waals surface area contributed by atoms with E-state index >= 15 is 0 Å². The first kappa shape index (κ1) is 12.3. The summed E-state index contributed by atoms with van der Waals surface area (Å²) in [6.45, 7) is 0. The van der Waals surface area contributed by atoms with E-state index in [0.717, 1.165) is 4.90 Å². The monoisotopic (exact) mass is 239 g/mol. The van der Waals surface area contributed by atoms with Gasteiger partial charge in [0.2, 0.25) is 0 Å². The average molecular weight is 239 g/mol. The third-order valence-corrected chi connectivity index (χ3v) is 2.47. The van der Waals surface area contributed by atoms with Crippen LogP contribution >= 0.6 is 11.8 Å². The van der Waals surface area contributed by atoms with Gasteiger partial charge in [-0.05, 0) is 17.5 Å². The third kappa shape index (κ3) is 3.74. The Balaban J connectivity index is 2.59. The smallest absolute Gasteiger partial charge is 0.330 e. The van der Waals surface area contributed by atoms with Gasteiger partial charge in [0.15, 0.2) is 0 Å². The second-order valence-electron chi connectivity index (χ2n) is 2.69. The van der Waals surface area contributed by atoms with Gasteiger partial charge in [-0.3, -0.25) is 10.1 Å². The zero-order valence-electron chi connectivity index (χ0n) is 8.45. The van der Waals surface area contributed by atoms with Crippen LogP contribution in [0.4, 0.5) is 5.69 Å². The van der Waals surface area contributed by atoms with Crippen LogP contribution < -0.4 is 0 Å². The summed E-state index contributed by atoms with van der Waals surface area (Å²) in [4.78, 5) is 21.5. The molecule has 0 fully saturated rings. The molecule has 0 aromatic heterocycles. The quantitative estimate of drug-likeness (QED) is 0.265. The normalized spacial score (nSPS) is 10.3. The summed E-state index contributed by atoms with van der Waals surface area (Å²) in [5.74, 6) is -0.436. The number of non-ortho nitro benzene ring substituents is 1. The Kier molecular flexibility index (Phi) is 4.53. The number of ether oxygens (including phenoxy) is 1. The number of esters is 1. The van der Waals surface area contributed by atoms with E-state index in [4.69, 9.17) is 0 Å². The highest BCUT2D eigenvalue weighted by Gasteiger charge is 2.03. The van der Waals surface area contributed by atoms with Gasteiger partial charge in [-0.15, -0.1) is 0 Å². The second kappa shape index (κ2) is 5.92. The Labute approximate surface area is 96.3 Å². The van der Waals surface area contributed by atoms with Crippen molar-refractivity contribution >= 4 is 23.4 Å². The number of nitro benzene ring substituents is 1. The van der Waals surface area contributed by atoms with Gasteiger partial charge in [0, 0.05) is 23.1 Å². The molecular formula is C10H9NO4S. The van der Waals surface area contributed by atoms with Crippen LogP contribution in [0.2, 0.25) is 0 Å². The molecule has 0 amide bonds. The van der Waals surface area contributed by atoms with Crippen LogP contribution in [0.5, 0.6) is 0 Å². The lowest BCUT2D eigenvalue weighted by Gasteiger charge is -1.95. The summed E-state index contributed by atoms with van der Waals surface area (Å²) < 4.78 is 4.41. The summed E-state index contributed by atoms with van der Waals surface area (Å²) in [6.07, 6.45) is 1.28. The zero-order chi connectivity index (χ0) is 12.0. The molecule has 84 valence electrons. The first-order valence-electron chi connectivity index (χ1n) is 4.29. The average Bonchev–Trinajstić information content (AvgIpc) is 2.29. The molecule has 5 nitrogen and oxygen atoms in total. The Bertz CT molecular complexity index is 413. The number of hydrogen-bond donors (Lipinski definition) is 0. The molecule has 0 heterocycles. The van der Waals surface area contributed by atoms with Crippen molar-refractivity contribution < 1.29 is 14.5 Å². The van der Waals surface area contributed by atoms with E-state index < -0.39 is 10.9 Å². The van der Waals surface area contributed by atoms with E-state index in [2.05, 4.69) is 4.74 Å². The molecule has 6 heteroatoms. The zero-order valence-corrected chi connectivity index (χ0v) is 9.27. The first-order valence-corrected chi connectivity index (χ1v) is 5.17. The molecule has 0 aliphatic carbocycles. The summed E-state index contributed by atoms with van der Waals surface area (Å²) >= 11 is 1.28. The minimum Gasteiger partial charge on any atom is -0.466 e. The second-order valence-corrected chi connectivity index (χ2v) is 3.67. The highest BCUT2D eigenvalue weighted by atomic mass is 32.2. The van der Waals surface area contributed by atoms with Crippen molar-refractivity contribution in [2.45, 2.75) is 4.90 Å². The maximum absolute atomic E-state index is 10.7. The van der Waals surface area contributed by atoms with Crippen LogP contribution in [0, 0.1) is 10.1 Å². The fourth-order valence-electron chi connectivity index (χ4n) is 0.883. The minimum atomic E-state index is -0.460. The van der Waals surface area contributed by atoms with Gasteiger partial charge >= 0.3 is 5.97 Å². The van der Waals surface area contributed by atoms with Gasteiger partial charge in [0.25, 0.3) is 5.69 Å². The van der Waals surface area contributed by atoms with Crippen molar-refractivity contribution in [1.82, 2.24) is 0 Å². The number of nitro groups is 1. The van der Waals surface area contributed by atoms with Gasteiger partial charge in [0.05, 0.1) is 12.0 Å². The number of carbonyl (C=O) groups excluding carboxylic acids is 1. The van der Waals surface area contributed by atoms with Crippen molar-refractivity contribution in [1.29, 1.82) is 0 Å². The van der Waals surface area contributed by atoms with Gasteiger partial charge in [-0.25, -0.2) is 4.79 Å². The predicted molar refractivity (Wildman–Crippen MR) is 60.1 cm³/mol. The topological polar surface area (TPSA) is 69.4 Å². The number of methoxy groups -OCH3 is 1.